The van der Waals surface area contributed by atoms with E-state index in [1.807, 2.05) is 0 Å². The van der Waals surface area contributed by atoms with Crippen LogP contribution in [0.2, 0.25) is 0 Å². The zero-order chi connectivity index (χ0) is 71.3. The lowest BCUT2D eigenvalue weighted by Gasteiger charge is -2.34. The summed E-state index contributed by atoms with van der Waals surface area (Å²) in [6.45, 7) is 112. The van der Waals surface area contributed by atoms with Crippen molar-refractivity contribution in [3.63, 3.8) is 0 Å². The van der Waals surface area contributed by atoms with Crippen molar-refractivity contribution < 1.29 is 0 Å². The molecule has 532 valence electrons. The Morgan fingerprint density at radius 1 is 0.282 bits per heavy atom. The van der Waals surface area contributed by atoms with Crippen LogP contribution in [0.15, 0.2) is 0 Å². The van der Waals surface area contributed by atoms with Crippen LogP contribution >= 0.6 is 0 Å². The summed E-state index contributed by atoms with van der Waals surface area (Å²) in [6.07, 6.45) is 20.2. The molecule has 0 saturated heterocycles. The van der Waals surface area contributed by atoms with Gasteiger partial charge in [-0.1, -0.05) is 410 Å². The molecule has 0 heteroatoms. The highest BCUT2D eigenvalue weighted by atomic mass is 14.3. The van der Waals surface area contributed by atoms with Gasteiger partial charge in [0.15, 0.2) is 0 Å². The normalized spacial score (nSPS) is 12.0. The predicted molar refractivity (Wildman–Crippen MR) is 414 cm³/mol. The van der Waals surface area contributed by atoms with Crippen molar-refractivity contribution in [2.75, 3.05) is 0 Å². The first-order valence-corrected chi connectivity index (χ1v) is 37.8. The van der Waals surface area contributed by atoms with Gasteiger partial charge in [-0.25, -0.2) is 0 Å². The first-order chi connectivity index (χ1) is 37.8. The molecular formula is C85H192. The van der Waals surface area contributed by atoms with Gasteiger partial charge in [-0.05, 0) is 147 Å². The van der Waals surface area contributed by atoms with Crippen molar-refractivity contribution in [3.05, 3.63) is 0 Å². The van der Waals surface area contributed by atoms with Crippen molar-refractivity contribution in [2.45, 2.75) is 436 Å². The highest BCUT2D eigenvalue weighted by molar-refractivity contribution is 4.78. The van der Waals surface area contributed by atoms with E-state index in [9.17, 15) is 0 Å². The minimum absolute atomic E-state index is 0.500. The molecule has 0 aromatic carbocycles. The standard InChI is InChI=1S/2C10H22.C9H20.4C8H18.2C7H16.C6H14.C4H10/c1-6-7-8-10(4,5)9(2)3;1-6-10(7-2,8-3)9(4)5;1-6-7-9(4,5)8(2)3;1-7(2)6-8(3,4)5;1-7(2)5-6-8(3)4;1-6-8(4,5)7(2)3;1-5-8(6-2)7(3)4;1-6(2)7(3,4)5;1-6(2)5-7(3)4;1-5(2)6(3)4;1-4(2)3/h2*9H,6-8H2,1-5H3;8H,6-7H2,1-5H3;7H,6H2,1-5H3;7-8H,5-6H2,1-4H3;7H,6H2,1-5H3;7-8H,5-6H2,1-4H3;6H,1-5H3;6-7H,5H2,1-4H3;5-6H,1-4H3;4H,1-3H3. The first kappa shape index (κ1) is 110. The second kappa shape index (κ2) is 62.8. The number of hydrogen-bond acceptors (Lipinski definition) is 0. The zero-order valence-electron chi connectivity index (χ0n) is 71.3. The summed E-state index contributed by atoms with van der Waals surface area (Å²) < 4.78 is 0. The van der Waals surface area contributed by atoms with E-state index in [4.69, 9.17) is 0 Å². The molecule has 0 aromatic rings. The molecule has 0 N–H and O–H groups in total. The molecule has 0 heterocycles. The molecule has 0 radical (unpaired) electrons. The van der Waals surface area contributed by atoms with Gasteiger partial charge in [0, 0.05) is 0 Å². The van der Waals surface area contributed by atoms with Gasteiger partial charge in [-0.2, -0.15) is 0 Å². The molecule has 0 atom stereocenters. The van der Waals surface area contributed by atoms with E-state index in [-0.39, 0.29) is 0 Å². The van der Waals surface area contributed by atoms with Crippen LogP contribution in [0.4, 0.5) is 0 Å². The van der Waals surface area contributed by atoms with Crippen molar-refractivity contribution in [3.8, 4) is 0 Å². The van der Waals surface area contributed by atoms with Gasteiger partial charge in [-0.15, -0.1) is 0 Å². The van der Waals surface area contributed by atoms with E-state index in [2.05, 4.69) is 339 Å². The largest absolute Gasteiger partial charge is 0.0654 e. The van der Waals surface area contributed by atoms with Crippen molar-refractivity contribution in [1.29, 1.82) is 0 Å². The first-order valence-electron chi connectivity index (χ1n) is 37.8. The third kappa shape index (κ3) is 95.3. The topological polar surface area (TPSA) is 0 Å². The van der Waals surface area contributed by atoms with Crippen LogP contribution in [0.1, 0.15) is 436 Å². The van der Waals surface area contributed by atoms with E-state index < -0.39 is 0 Å². The van der Waals surface area contributed by atoms with Crippen molar-refractivity contribution in [2.24, 2.45) is 121 Å². The summed E-state index contributed by atoms with van der Waals surface area (Å²) >= 11 is 0. The molecular weight excluding hydrogens is 1020 g/mol. The summed E-state index contributed by atoms with van der Waals surface area (Å²) in [7, 11) is 0. The Kier molecular flexibility index (Phi) is 80.9. The van der Waals surface area contributed by atoms with Gasteiger partial charge in [0.25, 0.3) is 0 Å². The Hall–Kier alpha value is 0. The predicted octanol–water partition coefficient (Wildman–Crippen LogP) is 32.8. The second-order valence-corrected chi connectivity index (χ2v) is 36.3. The minimum atomic E-state index is 0.500. The third-order valence-corrected chi connectivity index (χ3v) is 19.3. The van der Waals surface area contributed by atoms with Gasteiger partial charge in [0.2, 0.25) is 0 Å². The van der Waals surface area contributed by atoms with E-state index in [1.165, 1.54) is 96.3 Å². The molecule has 0 saturated carbocycles. The fraction of sp³-hybridized carbons (Fsp3) is 1.00. The molecule has 0 aliphatic carbocycles. The Balaban J connectivity index is -0.0000000792. The average Bonchev–Trinajstić information content (AvgIpc) is 3.31. The Bertz CT molecular complexity index is 1160. The SMILES string of the molecule is CC(C)C.CC(C)C(C)(C)C.CC(C)C(C)C.CC(C)CC(C)(C)C.CC(C)CC(C)C.CC(C)CCC(C)C.CCC(C)(C)C(C)C.CCC(CC)(CC)C(C)C.CCC(CC)C(C)C.CCCC(C)(C)C(C)C.CCCCC(C)(C)C(C)C. The maximum atomic E-state index is 2.37. The van der Waals surface area contributed by atoms with Crippen LogP contribution in [0.25, 0.3) is 0 Å². The molecule has 0 fully saturated rings. The molecule has 0 rings (SSSR count). The monoisotopic (exact) mass is 1210 g/mol. The summed E-state index contributed by atoms with van der Waals surface area (Å²) in [4.78, 5) is 0. The van der Waals surface area contributed by atoms with E-state index >= 15 is 0 Å². The summed E-state index contributed by atoms with van der Waals surface area (Å²) in [6, 6.07) is 0. The van der Waals surface area contributed by atoms with Crippen LogP contribution in [0, 0.1) is 121 Å². The fourth-order valence-electron chi connectivity index (χ4n) is 8.30. The van der Waals surface area contributed by atoms with Crippen LogP contribution in [0.5, 0.6) is 0 Å². The van der Waals surface area contributed by atoms with Gasteiger partial charge in [0.1, 0.15) is 0 Å². The van der Waals surface area contributed by atoms with Gasteiger partial charge in [0.05, 0.1) is 0 Å². The lowest BCUT2D eigenvalue weighted by atomic mass is 9.71. The van der Waals surface area contributed by atoms with Crippen molar-refractivity contribution >= 4 is 0 Å². The van der Waals surface area contributed by atoms with Crippen LogP contribution < -0.4 is 0 Å². The lowest BCUT2D eigenvalue weighted by molar-refractivity contribution is 0.162. The molecule has 0 spiro atoms. The summed E-state index contributed by atoms with van der Waals surface area (Å²) in [5, 5.41) is 0. The van der Waals surface area contributed by atoms with Gasteiger partial charge in [-0.3, -0.25) is 0 Å². The number of hydrogen-bond donors (Lipinski definition) is 0. The molecule has 85 heavy (non-hydrogen) atoms. The highest BCUT2D eigenvalue weighted by Crippen LogP contribution is 2.38. The quantitative estimate of drug-likeness (QED) is 0.0957. The molecule has 0 aliphatic rings. The highest BCUT2D eigenvalue weighted by Gasteiger charge is 2.27. The van der Waals surface area contributed by atoms with Crippen LogP contribution in [0.3, 0.4) is 0 Å². The molecule has 0 aromatic heterocycles. The third-order valence-electron chi connectivity index (χ3n) is 19.3. The molecule has 0 aliphatic heterocycles. The van der Waals surface area contributed by atoms with E-state index in [0.717, 1.165) is 88.8 Å². The van der Waals surface area contributed by atoms with Crippen molar-refractivity contribution in [1.82, 2.24) is 0 Å². The lowest BCUT2D eigenvalue weighted by Crippen LogP contribution is -2.24. The maximum absolute atomic E-state index is 2.37. The summed E-state index contributed by atoms with van der Waals surface area (Å²) in [5.41, 5.74) is 3.29. The van der Waals surface area contributed by atoms with E-state index in [1.54, 1.807) is 0 Å². The molecule has 0 bridgehead atoms. The smallest absolute Gasteiger partial charge is 0.0282 e. The van der Waals surface area contributed by atoms with Crippen LogP contribution in [-0.4, -0.2) is 0 Å². The molecule has 0 amide bonds. The van der Waals surface area contributed by atoms with Gasteiger partial charge < -0.3 is 0 Å². The Morgan fingerprint density at radius 2 is 0.565 bits per heavy atom. The second-order valence-electron chi connectivity index (χ2n) is 36.3. The maximum Gasteiger partial charge on any atom is -0.0282 e. The van der Waals surface area contributed by atoms with Gasteiger partial charge >= 0.3 is 0 Å². The summed E-state index contributed by atoms with van der Waals surface area (Å²) in [5.74, 6) is 12.8. The Labute approximate surface area is 553 Å². The minimum Gasteiger partial charge on any atom is -0.0654 e. The van der Waals surface area contributed by atoms with Crippen LogP contribution in [-0.2, 0) is 0 Å². The molecule has 0 nitrogen and oxygen atoms in total. The Morgan fingerprint density at radius 3 is 0.624 bits per heavy atom. The molecule has 0 unspecified atom stereocenters. The average molecular weight is 1210 g/mol. The zero-order valence-corrected chi connectivity index (χ0v) is 71.3. The number of unbranched alkanes of at least 4 members (excludes halogenated alkanes) is 1. The number of rotatable bonds is 23. The van der Waals surface area contributed by atoms with E-state index in [0.29, 0.717) is 32.5 Å². The fourth-order valence-corrected chi connectivity index (χ4v) is 8.30.